The molecule has 1 aliphatic heterocycles. The van der Waals surface area contributed by atoms with Crippen LogP contribution in [0.15, 0.2) is 42.5 Å². The minimum Gasteiger partial charge on any atom is -0.493 e. The number of ether oxygens (including phenoxy) is 3. The van der Waals surface area contributed by atoms with E-state index >= 15 is 0 Å². The monoisotopic (exact) mass is 401 g/mol. The van der Waals surface area contributed by atoms with Gasteiger partial charge in [-0.25, -0.2) is 4.39 Å². The van der Waals surface area contributed by atoms with E-state index in [1.807, 2.05) is 30.3 Å². The molecule has 29 heavy (non-hydrogen) atoms. The Morgan fingerprint density at radius 1 is 1.03 bits per heavy atom. The van der Waals surface area contributed by atoms with E-state index in [-0.39, 0.29) is 16.8 Å². The van der Waals surface area contributed by atoms with Crippen molar-refractivity contribution in [2.24, 2.45) is 0 Å². The van der Waals surface area contributed by atoms with Gasteiger partial charge in [-0.15, -0.1) is 0 Å². The van der Waals surface area contributed by atoms with E-state index < -0.39 is 0 Å². The van der Waals surface area contributed by atoms with Crippen molar-refractivity contribution in [2.45, 2.75) is 50.7 Å². The third-order valence-electron chi connectivity index (χ3n) is 5.85. The second-order valence-electron chi connectivity index (χ2n) is 8.44. The fraction of sp³-hybridized carbons (Fsp3) is 0.500. The molecule has 1 N–H and O–H groups in total. The standard InChI is InChI=1S/C24H32FNO3/c1-23(2)17-24(12-14-29-23,19-6-8-20(25)9-7-19)11-13-26-16-18-5-10-21(27-3)22(15-18)28-4/h5-10,15,26H,11-14,16-17H2,1-4H3. The van der Waals surface area contributed by atoms with Gasteiger partial charge in [0.05, 0.1) is 19.8 Å². The highest BCUT2D eigenvalue weighted by molar-refractivity contribution is 5.42. The highest BCUT2D eigenvalue weighted by Gasteiger charge is 2.41. The van der Waals surface area contributed by atoms with Gasteiger partial charge in [0.15, 0.2) is 11.5 Å². The molecule has 3 rings (SSSR count). The smallest absolute Gasteiger partial charge is 0.161 e. The third kappa shape index (κ3) is 5.28. The SMILES string of the molecule is COc1ccc(CNCCC2(c3ccc(F)cc3)CCOC(C)(C)C2)cc1OC. The molecule has 1 heterocycles. The predicted molar refractivity (Wildman–Crippen MR) is 113 cm³/mol. The Morgan fingerprint density at radius 2 is 1.76 bits per heavy atom. The van der Waals surface area contributed by atoms with Crippen molar-refractivity contribution in [1.29, 1.82) is 0 Å². The highest BCUT2D eigenvalue weighted by Crippen LogP contribution is 2.43. The molecule has 2 aromatic rings. The van der Waals surface area contributed by atoms with Crippen molar-refractivity contribution in [3.63, 3.8) is 0 Å². The Hall–Kier alpha value is -2.11. The number of nitrogens with one attached hydrogen (secondary N) is 1. The average Bonchev–Trinajstić information content (AvgIpc) is 2.70. The molecule has 1 atom stereocenters. The van der Waals surface area contributed by atoms with Crippen molar-refractivity contribution in [1.82, 2.24) is 5.32 Å². The summed E-state index contributed by atoms with van der Waals surface area (Å²) in [4.78, 5) is 0. The van der Waals surface area contributed by atoms with Crippen molar-refractivity contribution in [3.05, 3.63) is 59.4 Å². The maximum Gasteiger partial charge on any atom is 0.161 e. The van der Waals surface area contributed by atoms with Crippen LogP contribution in [0.4, 0.5) is 4.39 Å². The summed E-state index contributed by atoms with van der Waals surface area (Å²) in [5.41, 5.74) is 2.14. The van der Waals surface area contributed by atoms with Crippen LogP contribution in [0.2, 0.25) is 0 Å². The first-order valence-electron chi connectivity index (χ1n) is 10.2. The molecule has 1 saturated heterocycles. The molecular formula is C24H32FNO3. The van der Waals surface area contributed by atoms with Gasteiger partial charge in [-0.2, -0.15) is 0 Å². The van der Waals surface area contributed by atoms with Gasteiger partial charge in [0.2, 0.25) is 0 Å². The van der Waals surface area contributed by atoms with E-state index in [4.69, 9.17) is 14.2 Å². The Labute approximate surface area is 173 Å². The molecule has 1 fully saturated rings. The Balaban J connectivity index is 1.67. The van der Waals surface area contributed by atoms with Crippen molar-refractivity contribution >= 4 is 0 Å². The number of hydrogen-bond acceptors (Lipinski definition) is 4. The minimum atomic E-state index is -0.193. The molecule has 0 bridgehead atoms. The van der Waals surface area contributed by atoms with E-state index in [1.165, 1.54) is 5.56 Å². The number of hydrogen-bond donors (Lipinski definition) is 1. The molecule has 1 unspecified atom stereocenters. The van der Waals surface area contributed by atoms with Crippen LogP contribution in [0.5, 0.6) is 11.5 Å². The number of rotatable bonds is 8. The fourth-order valence-corrected chi connectivity index (χ4v) is 4.44. The fourth-order valence-electron chi connectivity index (χ4n) is 4.44. The Kier molecular flexibility index (Phi) is 6.81. The summed E-state index contributed by atoms with van der Waals surface area (Å²) in [6.45, 7) is 6.62. The molecule has 2 aromatic carbocycles. The van der Waals surface area contributed by atoms with Crippen molar-refractivity contribution < 1.29 is 18.6 Å². The number of methoxy groups -OCH3 is 2. The van der Waals surface area contributed by atoms with Crippen LogP contribution in [0.25, 0.3) is 0 Å². The number of halogens is 1. The average molecular weight is 402 g/mol. The third-order valence-corrected chi connectivity index (χ3v) is 5.85. The summed E-state index contributed by atoms with van der Waals surface area (Å²) in [6.07, 6.45) is 2.84. The van der Waals surface area contributed by atoms with Crippen LogP contribution in [-0.2, 0) is 16.7 Å². The summed E-state index contributed by atoms with van der Waals surface area (Å²) in [5.74, 6) is 1.28. The van der Waals surface area contributed by atoms with Gasteiger partial charge in [0.1, 0.15) is 5.82 Å². The van der Waals surface area contributed by atoms with Crippen LogP contribution < -0.4 is 14.8 Å². The highest BCUT2D eigenvalue weighted by atomic mass is 19.1. The van der Waals surface area contributed by atoms with E-state index in [2.05, 4.69) is 19.2 Å². The lowest BCUT2D eigenvalue weighted by Crippen LogP contribution is -2.45. The minimum absolute atomic E-state index is 0.0138. The van der Waals surface area contributed by atoms with Crippen LogP contribution in [-0.4, -0.2) is 33.0 Å². The van der Waals surface area contributed by atoms with E-state index in [0.29, 0.717) is 0 Å². The van der Waals surface area contributed by atoms with Gasteiger partial charge in [-0.05, 0) is 75.0 Å². The summed E-state index contributed by atoms with van der Waals surface area (Å²) < 4.78 is 30.1. The zero-order valence-corrected chi connectivity index (χ0v) is 17.9. The largest absolute Gasteiger partial charge is 0.493 e. The quantitative estimate of drug-likeness (QED) is 0.642. The first-order chi connectivity index (χ1) is 13.9. The molecule has 0 radical (unpaired) electrons. The topological polar surface area (TPSA) is 39.7 Å². The van der Waals surface area contributed by atoms with Gasteiger partial charge < -0.3 is 19.5 Å². The maximum atomic E-state index is 13.5. The van der Waals surface area contributed by atoms with E-state index in [1.54, 1.807) is 26.4 Å². The van der Waals surface area contributed by atoms with Gasteiger partial charge in [-0.3, -0.25) is 0 Å². The molecule has 4 nitrogen and oxygen atoms in total. The molecule has 158 valence electrons. The number of benzene rings is 2. The molecule has 1 aliphatic rings. The molecule has 5 heteroatoms. The molecule has 0 amide bonds. The first-order valence-corrected chi connectivity index (χ1v) is 10.2. The van der Waals surface area contributed by atoms with E-state index in [0.717, 1.165) is 56.0 Å². The van der Waals surface area contributed by atoms with Crippen molar-refractivity contribution in [3.8, 4) is 11.5 Å². The van der Waals surface area contributed by atoms with Gasteiger partial charge in [0.25, 0.3) is 0 Å². The van der Waals surface area contributed by atoms with Crippen LogP contribution >= 0.6 is 0 Å². The first kappa shape index (κ1) is 21.6. The van der Waals surface area contributed by atoms with E-state index in [9.17, 15) is 4.39 Å². The summed E-state index contributed by atoms with van der Waals surface area (Å²) >= 11 is 0. The summed E-state index contributed by atoms with van der Waals surface area (Å²) in [7, 11) is 3.29. The lowest BCUT2D eigenvalue weighted by molar-refractivity contribution is -0.0840. The zero-order chi connectivity index (χ0) is 20.9. The molecule has 0 spiro atoms. The maximum absolute atomic E-state index is 13.5. The van der Waals surface area contributed by atoms with Gasteiger partial charge >= 0.3 is 0 Å². The van der Waals surface area contributed by atoms with Crippen LogP contribution in [0.1, 0.15) is 44.2 Å². The lowest BCUT2D eigenvalue weighted by Gasteiger charge is -2.45. The van der Waals surface area contributed by atoms with Gasteiger partial charge in [0, 0.05) is 18.6 Å². The molecular weight excluding hydrogens is 369 g/mol. The predicted octanol–water partition coefficient (Wildman–Crippen LogP) is 4.85. The van der Waals surface area contributed by atoms with Crippen LogP contribution in [0, 0.1) is 5.82 Å². The second kappa shape index (κ2) is 9.14. The van der Waals surface area contributed by atoms with Gasteiger partial charge in [-0.1, -0.05) is 18.2 Å². The molecule has 0 saturated carbocycles. The van der Waals surface area contributed by atoms with Crippen LogP contribution in [0.3, 0.4) is 0 Å². The Morgan fingerprint density at radius 3 is 2.41 bits per heavy atom. The lowest BCUT2D eigenvalue weighted by atomic mass is 9.67. The zero-order valence-electron chi connectivity index (χ0n) is 17.9. The Bertz CT molecular complexity index is 806. The summed E-state index contributed by atoms with van der Waals surface area (Å²) in [5, 5.41) is 3.56. The summed E-state index contributed by atoms with van der Waals surface area (Å²) in [6, 6.07) is 13.0. The normalized spacial score (nSPS) is 21.0. The second-order valence-corrected chi connectivity index (χ2v) is 8.44. The molecule has 0 aliphatic carbocycles. The molecule has 0 aromatic heterocycles. The van der Waals surface area contributed by atoms with Crippen molar-refractivity contribution in [2.75, 3.05) is 27.4 Å².